The van der Waals surface area contributed by atoms with Crippen LogP contribution in [0, 0.1) is 6.01 Å². The molecule has 7 heteroatoms. The van der Waals surface area contributed by atoms with Gasteiger partial charge < -0.3 is 0 Å². The van der Waals surface area contributed by atoms with Crippen LogP contribution in [0.1, 0.15) is 13.3 Å². The van der Waals surface area contributed by atoms with Crippen LogP contribution in [-0.2, 0) is 0 Å². The van der Waals surface area contributed by atoms with Gasteiger partial charge in [0.05, 0.1) is 0 Å². The third-order valence-electron chi connectivity index (χ3n) is 5.37. The van der Waals surface area contributed by atoms with Crippen LogP contribution in [0.5, 0.6) is 5.75 Å². The Morgan fingerprint density at radius 1 is 1.25 bits per heavy atom. The molecule has 28 heavy (non-hydrogen) atoms. The van der Waals surface area contributed by atoms with Gasteiger partial charge in [0.15, 0.2) is 0 Å². The van der Waals surface area contributed by atoms with Gasteiger partial charge in [0.25, 0.3) is 0 Å². The van der Waals surface area contributed by atoms with E-state index in [4.69, 9.17) is 4.99 Å². The molecule has 0 amide bonds. The van der Waals surface area contributed by atoms with Crippen LogP contribution in [0.2, 0.25) is 12.6 Å². The van der Waals surface area contributed by atoms with E-state index in [1.807, 2.05) is 12.1 Å². The first-order chi connectivity index (χ1) is 13.3. The second kappa shape index (κ2) is 7.96. The summed E-state index contributed by atoms with van der Waals surface area (Å²) in [6, 6.07) is 11.1. The second-order valence-corrected chi connectivity index (χ2v) is 18.2. The number of fused-ring (bicyclic) bond motifs is 2. The van der Waals surface area contributed by atoms with E-state index in [9.17, 15) is 5.11 Å². The van der Waals surface area contributed by atoms with Crippen molar-refractivity contribution in [3.8, 4) is 15.8 Å². The number of phenols is 1. The third-order valence-corrected chi connectivity index (χ3v) is 18.6. The predicted molar refractivity (Wildman–Crippen MR) is 142 cm³/mol. The molecule has 4 rings (SSSR count). The quantitative estimate of drug-likeness (QED) is 0.315. The molecule has 1 aliphatic heterocycles. The SMILES string of the molecule is C=c1ccc2c(c1-c1[se]c(I)c(Br)c1I)[Si](C)(CCC)c1cc(O)ccc1N=2. The average Bonchev–Trinajstić information content (AvgIpc) is 2.91. The predicted octanol–water partition coefficient (Wildman–Crippen LogP) is 4.37. The normalized spacial score (nSPS) is 17.8. The van der Waals surface area contributed by atoms with Gasteiger partial charge in [-0.05, 0) is 0 Å². The van der Waals surface area contributed by atoms with Gasteiger partial charge in [0, 0.05) is 0 Å². The fourth-order valence-electron chi connectivity index (χ4n) is 4.16. The molecule has 0 fully saturated rings. The van der Waals surface area contributed by atoms with Gasteiger partial charge in [-0.2, -0.15) is 0 Å². The molecule has 0 radical (unpaired) electrons. The van der Waals surface area contributed by atoms with Crippen LogP contribution in [0.4, 0.5) is 5.69 Å². The summed E-state index contributed by atoms with van der Waals surface area (Å²) in [7, 11) is -2.08. The van der Waals surface area contributed by atoms with Gasteiger partial charge in [0.1, 0.15) is 0 Å². The van der Waals surface area contributed by atoms with Crippen molar-refractivity contribution in [3.05, 3.63) is 51.4 Å². The van der Waals surface area contributed by atoms with E-state index < -0.39 is 8.07 Å². The van der Waals surface area contributed by atoms with Gasteiger partial charge >= 0.3 is 210 Å². The zero-order chi connectivity index (χ0) is 20.2. The van der Waals surface area contributed by atoms with Crippen LogP contribution in [0.25, 0.3) is 16.6 Å². The molecule has 0 saturated carbocycles. The number of phenolic OH excluding ortho intramolecular Hbond substituents is 1. The van der Waals surface area contributed by atoms with Gasteiger partial charge in [0.2, 0.25) is 0 Å². The Labute approximate surface area is 207 Å². The van der Waals surface area contributed by atoms with E-state index in [0.717, 1.165) is 28.7 Å². The van der Waals surface area contributed by atoms with E-state index >= 15 is 0 Å². The molecule has 2 aromatic carbocycles. The van der Waals surface area contributed by atoms with Crippen molar-refractivity contribution in [1.29, 1.82) is 0 Å². The number of aromatic hydroxyl groups is 1. The molecular weight excluding hydrogens is 723 g/mol. The standard InChI is InChI=1S/C21H18BrI2NOSeSi/c1-4-9-28(3)15-10-12(26)6-8-13(15)25-14-7-5-11(2)16(20(14)28)19-18(23)17(22)21(24)27-19/h5-8,10,26H,2,4,9H2,1,3H3. The zero-order valence-corrected chi connectivity index (χ0v) is 24.1. The molecule has 2 heterocycles. The Kier molecular flexibility index (Phi) is 6.06. The van der Waals surface area contributed by atoms with Gasteiger partial charge in [-0.25, -0.2) is 0 Å². The van der Waals surface area contributed by atoms with Crippen LogP contribution < -0.4 is 20.9 Å². The number of hydrogen-bond donors (Lipinski definition) is 1. The number of hydrogen-bond acceptors (Lipinski definition) is 2. The molecule has 1 unspecified atom stereocenters. The summed E-state index contributed by atoms with van der Waals surface area (Å²) in [6.45, 7) is 9.12. The summed E-state index contributed by atoms with van der Waals surface area (Å²) in [4.78, 5) is 5.01. The molecule has 1 N–H and O–H groups in total. The van der Waals surface area contributed by atoms with Crippen molar-refractivity contribution >= 4 is 106 Å². The molecule has 1 aromatic heterocycles. The maximum absolute atomic E-state index is 10.2. The topological polar surface area (TPSA) is 32.6 Å². The van der Waals surface area contributed by atoms with E-state index in [0.29, 0.717) is 5.75 Å². The second-order valence-electron chi connectivity index (χ2n) is 7.22. The van der Waals surface area contributed by atoms with Crippen molar-refractivity contribution < 1.29 is 5.11 Å². The minimum absolute atomic E-state index is 0.276. The van der Waals surface area contributed by atoms with Crippen LogP contribution in [0.3, 0.4) is 0 Å². The summed E-state index contributed by atoms with van der Waals surface area (Å²) in [5, 5.41) is 15.1. The van der Waals surface area contributed by atoms with E-state index in [2.05, 4.69) is 93.3 Å². The Bertz CT molecular complexity index is 1230. The molecule has 3 aromatic rings. The third kappa shape index (κ3) is 3.34. The van der Waals surface area contributed by atoms with E-state index in [1.165, 1.54) is 30.9 Å². The number of rotatable bonds is 3. The van der Waals surface area contributed by atoms with Crippen molar-refractivity contribution in [1.82, 2.24) is 0 Å². The Hall–Kier alpha value is 0.0664. The van der Waals surface area contributed by atoms with Gasteiger partial charge in [-0.1, -0.05) is 0 Å². The van der Waals surface area contributed by atoms with Gasteiger partial charge in [-0.3, -0.25) is 0 Å². The van der Waals surface area contributed by atoms with Crippen molar-refractivity contribution in [2.45, 2.75) is 25.9 Å². The molecule has 144 valence electrons. The first-order valence-corrected chi connectivity index (χ1v) is 16.3. The summed E-state index contributed by atoms with van der Waals surface area (Å²) in [6.07, 6.45) is 1.11. The summed E-state index contributed by atoms with van der Waals surface area (Å²) >= 11 is 8.99. The molecule has 1 atom stereocenters. The molecular formula is C21H18BrI2NOSeSi. The van der Waals surface area contributed by atoms with Crippen LogP contribution in [0.15, 0.2) is 39.8 Å². The van der Waals surface area contributed by atoms with Crippen LogP contribution in [-0.4, -0.2) is 27.7 Å². The average molecular weight is 741 g/mol. The van der Waals surface area contributed by atoms with Crippen molar-refractivity contribution in [2.75, 3.05) is 0 Å². The summed E-state index contributed by atoms with van der Waals surface area (Å²) in [5.41, 5.74) is 2.33. The monoisotopic (exact) mass is 741 g/mol. The number of nitrogens with zero attached hydrogens (tertiary/aromatic N) is 1. The molecule has 1 aliphatic rings. The van der Waals surface area contributed by atoms with Crippen LogP contribution >= 0.6 is 61.1 Å². The Balaban J connectivity index is 2.16. The molecule has 0 saturated heterocycles. The van der Waals surface area contributed by atoms with Crippen molar-refractivity contribution in [2.24, 2.45) is 4.99 Å². The number of benzene rings is 2. The zero-order valence-electron chi connectivity index (χ0n) is 15.4. The van der Waals surface area contributed by atoms with E-state index in [-0.39, 0.29) is 14.5 Å². The fourth-order valence-corrected chi connectivity index (χ4v) is 15.1. The fraction of sp³-hybridized carbons (Fsp3) is 0.190. The summed E-state index contributed by atoms with van der Waals surface area (Å²) in [5.74, 6) is 0.331. The minimum atomic E-state index is -2.08. The molecule has 0 bridgehead atoms. The maximum atomic E-state index is 10.2. The van der Waals surface area contributed by atoms with Crippen molar-refractivity contribution in [3.63, 3.8) is 0 Å². The first-order valence-electron chi connectivity index (χ1n) is 8.96. The van der Waals surface area contributed by atoms with Gasteiger partial charge in [-0.15, -0.1) is 0 Å². The Morgan fingerprint density at radius 3 is 2.64 bits per heavy atom. The molecule has 2 nitrogen and oxygen atoms in total. The van der Waals surface area contributed by atoms with E-state index in [1.54, 1.807) is 6.07 Å². The molecule has 0 aliphatic carbocycles. The first kappa shape index (κ1) is 21.3. The number of halogens is 3. The molecule has 0 spiro atoms. The summed E-state index contributed by atoms with van der Waals surface area (Å²) < 4.78 is 5.34. The Morgan fingerprint density at radius 2 is 2.00 bits per heavy atom.